The van der Waals surface area contributed by atoms with E-state index < -0.39 is 5.41 Å². The molecule has 1 saturated carbocycles. The first-order chi connectivity index (χ1) is 7.73. The van der Waals surface area contributed by atoms with E-state index in [0.29, 0.717) is 12.0 Å². The van der Waals surface area contributed by atoms with Gasteiger partial charge in [0, 0.05) is 12.6 Å². The van der Waals surface area contributed by atoms with Crippen molar-refractivity contribution in [2.24, 2.45) is 11.3 Å². The van der Waals surface area contributed by atoms with E-state index in [9.17, 15) is 4.79 Å². The van der Waals surface area contributed by atoms with E-state index in [2.05, 4.69) is 16.3 Å². The molecule has 0 spiro atoms. The van der Waals surface area contributed by atoms with Crippen LogP contribution in [-0.2, 0) is 4.79 Å². The molecule has 3 heterocycles. The second kappa shape index (κ2) is 3.46. The van der Waals surface area contributed by atoms with Crippen molar-refractivity contribution in [3.8, 4) is 6.07 Å². The van der Waals surface area contributed by atoms with Gasteiger partial charge in [-0.05, 0) is 44.7 Å². The number of piperidine rings is 3. The zero-order valence-electron chi connectivity index (χ0n) is 9.41. The van der Waals surface area contributed by atoms with Crippen LogP contribution in [0.25, 0.3) is 0 Å². The third kappa shape index (κ3) is 1.51. The molecule has 4 nitrogen and oxygen atoms in total. The minimum absolute atomic E-state index is 0.0197. The molecule has 86 valence electrons. The van der Waals surface area contributed by atoms with Gasteiger partial charge in [-0.3, -0.25) is 4.79 Å². The molecule has 1 amide bonds. The molecule has 16 heavy (non-hydrogen) atoms. The molecule has 4 fully saturated rings. The summed E-state index contributed by atoms with van der Waals surface area (Å²) in [6.45, 7) is 3.35. The zero-order valence-corrected chi connectivity index (χ0v) is 9.41. The van der Waals surface area contributed by atoms with Gasteiger partial charge in [0.05, 0.1) is 6.07 Å². The Bertz CT molecular complexity index is 348. The Morgan fingerprint density at radius 2 is 2.06 bits per heavy atom. The fraction of sp³-hybridized carbons (Fsp3) is 0.833. The topological polar surface area (TPSA) is 56.1 Å². The van der Waals surface area contributed by atoms with Crippen LogP contribution in [0.1, 0.15) is 25.7 Å². The van der Waals surface area contributed by atoms with Crippen LogP contribution in [0.4, 0.5) is 0 Å². The highest BCUT2D eigenvalue weighted by molar-refractivity contribution is 5.88. The number of carbonyl (C=O) groups excluding carboxylic acids is 1. The van der Waals surface area contributed by atoms with Gasteiger partial charge >= 0.3 is 0 Å². The van der Waals surface area contributed by atoms with Crippen molar-refractivity contribution in [2.75, 3.05) is 19.6 Å². The normalized spacial score (nSPS) is 38.8. The summed E-state index contributed by atoms with van der Waals surface area (Å²) in [5.41, 5.74) is -0.661. The first kappa shape index (κ1) is 10.1. The lowest BCUT2D eigenvalue weighted by Crippen LogP contribution is -2.58. The van der Waals surface area contributed by atoms with Gasteiger partial charge in [0.25, 0.3) is 0 Å². The van der Waals surface area contributed by atoms with Gasteiger partial charge in [0.2, 0.25) is 5.91 Å². The Morgan fingerprint density at radius 3 is 2.50 bits per heavy atom. The Kier molecular flexibility index (Phi) is 2.18. The Hall–Kier alpha value is -1.08. The molecule has 0 radical (unpaired) electrons. The van der Waals surface area contributed by atoms with Crippen LogP contribution in [0, 0.1) is 22.7 Å². The molecule has 3 saturated heterocycles. The van der Waals surface area contributed by atoms with Crippen molar-refractivity contribution >= 4 is 5.91 Å². The molecular formula is C12H17N3O. The summed E-state index contributed by atoms with van der Waals surface area (Å²) in [5, 5.41) is 12.1. The van der Waals surface area contributed by atoms with E-state index in [4.69, 9.17) is 5.26 Å². The highest BCUT2D eigenvalue weighted by Crippen LogP contribution is 2.45. The largest absolute Gasteiger partial charge is 0.350 e. The number of hydrogen-bond donors (Lipinski definition) is 1. The van der Waals surface area contributed by atoms with Gasteiger partial charge in [-0.1, -0.05) is 0 Å². The summed E-state index contributed by atoms with van der Waals surface area (Å²) in [4.78, 5) is 14.4. The van der Waals surface area contributed by atoms with Crippen LogP contribution in [0.3, 0.4) is 0 Å². The summed E-state index contributed by atoms with van der Waals surface area (Å²) in [6, 6.07) is 2.45. The van der Waals surface area contributed by atoms with E-state index in [-0.39, 0.29) is 5.91 Å². The SMILES string of the molecule is N#CC1(C(=O)NC2CN3CCC2CC3)CC1. The molecule has 1 aliphatic carbocycles. The average molecular weight is 219 g/mol. The van der Waals surface area contributed by atoms with E-state index in [0.717, 1.165) is 19.4 Å². The molecule has 3 aliphatic heterocycles. The van der Waals surface area contributed by atoms with Crippen LogP contribution in [0.2, 0.25) is 0 Å². The van der Waals surface area contributed by atoms with E-state index >= 15 is 0 Å². The Labute approximate surface area is 95.6 Å². The van der Waals surface area contributed by atoms with Crippen molar-refractivity contribution in [3.05, 3.63) is 0 Å². The van der Waals surface area contributed by atoms with E-state index in [1.165, 1.54) is 25.9 Å². The van der Waals surface area contributed by atoms with E-state index in [1.807, 2.05) is 0 Å². The zero-order chi connectivity index (χ0) is 11.2. The summed E-state index contributed by atoms with van der Waals surface area (Å²) in [7, 11) is 0. The number of nitriles is 1. The number of carbonyl (C=O) groups is 1. The summed E-state index contributed by atoms with van der Waals surface area (Å²) >= 11 is 0. The number of rotatable bonds is 2. The number of hydrogen-bond acceptors (Lipinski definition) is 3. The minimum Gasteiger partial charge on any atom is -0.350 e. The Morgan fingerprint density at radius 1 is 1.38 bits per heavy atom. The van der Waals surface area contributed by atoms with Crippen LogP contribution in [0.15, 0.2) is 0 Å². The minimum atomic E-state index is -0.661. The lowest BCUT2D eigenvalue weighted by molar-refractivity contribution is -0.126. The standard InChI is InChI=1S/C12H17N3O/c13-8-12(3-4-12)11(16)14-10-7-15-5-1-9(10)2-6-15/h9-10H,1-7H2,(H,14,16). The van der Waals surface area contributed by atoms with Gasteiger partial charge in [-0.25, -0.2) is 0 Å². The summed E-state index contributed by atoms with van der Waals surface area (Å²) < 4.78 is 0. The number of nitrogens with one attached hydrogen (secondary N) is 1. The smallest absolute Gasteiger partial charge is 0.240 e. The van der Waals surface area contributed by atoms with Crippen LogP contribution in [0.5, 0.6) is 0 Å². The predicted octanol–water partition coefficient (Wildman–Crippen LogP) is 0.501. The predicted molar refractivity (Wildman–Crippen MR) is 58.4 cm³/mol. The van der Waals surface area contributed by atoms with Gasteiger partial charge in [-0.2, -0.15) is 5.26 Å². The van der Waals surface area contributed by atoms with Crippen LogP contribution in [-0.4, -0.2) is 36.5 Å². The fourth-order valence-electron chi connectivity index (χ4n) is 2.95. The van der Waals surface area contributed by atoms with Crippen molar-refractivity contribution in [2.45, 2.75) is 31.7 Å². The molecule has 0 aromatic rings. The monoisotopic (exact) mass is 219 g/mol. The molecule has 2 bridgehead atoms. The van der Waals surface area contributed by atoms with Gasteiger partial charge in [0.1, 0.15) is 5.41 Å². The third-order valence-electron chi connectivity index (χ3n) is 4.37. The maximum atomic E-state index is 12.0. The van der Waals surface area contributed by atoms with E-state index in [1.54, 1.807) is 0 Å². The van der Waals surface area contributed by atoms with Crippen LogP contribution < -0.4 is 5.32 Å². The fourth-order valence-corrected chi connectivity index (χ4v) is 2.95. The molecule has 4 rings (SSSR count). The van der Waals surface area contributed by atoms with Crippen molar-refractivity contribution in [3.63, 3.8) is 0 Å². The number of nitrogens with zero attached hydrogens (tertiary/aromatic N) is 2. The van der Waals surface area contributed by atoms with Gasteiger partial charge in [0.15, 0.2) is 0 Å². The molecule has 1 N–H and O–H groups in total. The number of amides is 1. The molecule has 0 aromatic heterocycles. The summed E-state index contributed by atoms with van der Waals surface area (Å²) in [5.74, 6) is 0.622. The molecule has 0 aromatic carbocycles. The molecular weight excluding hydrogens is 202 g/mol. The second-order valence-electron chi connectivity index (χ2n) is 5.41. The Balaban J connectivity index is 1.63. The first-order valence-corrected chi connectivity index (χ1v) is 6.18. The van der Waals surface area contributed by atoms with Crippen molar-refractivity contribution in [1.82, 2.24) is 10.2 Å². The maximum Gasteiger partial charge on any atom is 0.240 e. The van der Waals surface area contributed by atoms with Crippen molar-refractivity contribution in [1.29, 1.82) is 5.26 Å². The molecule has 1 unspecified atom stereocenters. The quantitative estimate of drug-likeness (QED) is 0.736. The molecule has 4 aliphatic rings. The van der Waals surface area contributed by atoms with Gasteiger partial charge < -0.3 is 10.2 Å². The molecule has 4 heteroatoms. The van der Waals surface area contributed by atoms with Crippen LogP contribution >= 0.6 is 0 Å². The highest BCUT2D eigenvalue weighted by Gasteiger charge is 2.51. The third-order valence-corrected chi connectivity index (χ3v) is 4.37. The highest BCUT2D eigenvalue weighted by atomic mass is 16.2. The lowest BCUT2D eigenvalue weighted by atomic mass is 9.83. The molecule has 1 atom stereocenters. The lowest BCUT2D eigenvalue weighted by Gasteiger charge is -2.45. The average Bonchev–Trinajstić information content (AvgIpc) is 3.11. The summed E-state index contributed by atoms with van der Waals surface area (Å²) in [6.07, 6.45) is 3.89. The number of fused-ring (bicyclic) bond motifs is 3. The second-order valence-corrected chi connectivity index (χ2v) is 5.41. The maximum absolute atomic E-state index is 12.0. The van der Waals surface area contributed by atoms with Crippen molar-refractivity contribution < 1.29 is 4.79 Å². The first-order valence-electron chi connectivity index (χ1n) is 6.18. The van der Waals surface area contributed by atoms with Gasteiger partial charge in [-0.15, -0.1) is 0 Å².